The molecule has 1 saturated heterocycles. The highest BCUT2D eigenvalue weighted by atomic mass is 32.2. The maximum atomic E-state index is 12.5. The van der Waals surface area contributed by atoms with E-state index in [0.29, 0.717) is 5.56 Å². The van der Waals surface area contributed by atoms with Gasteiger partial charge >= 0.3 is 5.97 Å². The number of carbonyl (C=O) groups excluding carboxylic acids is 4. The Balaban J connectivity index is 0.000000540. The summed E-state index contributed by atoms with van der Waals surface area (Å²) in [6, 6.07) is 8.35. The number of amides is 2. The Morgan fingerprint density at radius 3 is 2.29 bits per heavy atom. The molecule has 10 nitrogen and oxygen atoms in total. The van der Waals surface area contributed by atoms with Gasteiger partial charge in [0.1, 0.15) is 24.1 Å². The predicted molar refractivity (Wildman–Crippen MR) is 129 cm³/mol. The van der Waals surface area contributed by atoms with Crippen LogP contribution < -0.4 is 21.5 Å². The summed E-state index contributed by atoms with van der Waals surface area (Å²) in [7, 11) is 0. The molecule has 2 aliphatic rings. The van der Waals surface area contributed by atoms with Crippen molar-refractivity contribution in [3.05, 3.63) is 47.2 Å². The van der Waals surface area contributed by atoms with Gasteiger partial charge in [-0.1, -0.05) is 30.3 Å². The van der Waals surface area contributed by atoms with Gasteiger partial charge in [-0.05, 0) is 33.3 Å². The average Bonchev–Trinajstić information content (AvgIpc) is 2.79. The van der Waals surface area contributed by atoms with E-state index in [2.05, 4.69) is 38.3 Å². The zero-order valence-corrected chi connectivity index (χ0v) is 21.5. The lowest BCUT2D eigenvalue weighted by Crippen LogP contribution is -2.92. The normalized spacial score (nSPS) is 19.9. The number of esters is 1. The van der Waals surface area contributed by atoms with Crippen molar-refractivity contribution < 1.29 is 34.3 Å². The van der Waals surface area contributed by atoms with Crippen molar-refractivity contribution in [2.75, 3.05) is 12.4 Å². The molecule has 2 heterocycles. The van der Waals surface area contributed by atoms with Gasteiger partial charge in [-0.25, -0.2) is 0 Å². The molecule has 0 saturated carbocycles. The third-order valence-corrected chi connectivity index (χ3v) is 6.54. The first-order valence-corrected chi connectivity index (χ1v) is 12.5. The maximum absolute atomic E-state index is 12.5. The largest absolute Gasteiger partial charge is 0.543 e. The molecule has 5 N–H and O–H groups in total. The van der Waals surface area contributed by atoms with Crippen LogP contribution in [-0.4, -0.2) is 64.5 Å². The Labute approximate surface area is 209 Å². The Morgan fingerprint density at radius 2 is 1.80 bits per heavy atom. The molecule has 1 unspecified atom stereocenters. The van der Waals surface area contributed by atoms with Crippen molar-refractivity contribution in [1.29, 1.82) is 0 Å². The number of benzene rings is 1. The Kier molecular flexibility index (Phi) is 10.3. The van der Waals surface area contributed by atoms with Crippen LogP contribution in [0.4, 0.5) is 0 Å². The summed E-state index contributed by atoms with van der Waals surface area (Å²) in [5.41, 5.74) is 6.50. The average molecular weight is 507 g/mol. The van der Waals surface area contributed by atoms with Gasteiger partial charge in [-0.3, -0.25) is 19.3 Å². The number of aliphatic carboxylic acids is 1. The maximum Gasteiger partial charge on any atom is 0.302 e. The number of β-lactam (4-membered cyclic amide) rings is 1. The molecule has 1 aromatic rings. The lowest BCUT2D eigenvalue weighted by Gasteiger charge is -2.50. The smallest absolute Gasteiger partial charge is 0.302 e. The van der Waals surface area contributed by atoms with E-state index in [4.69, 9.17) is 10.5 Å². The number of carboxylic acid groups (broad SMARTS) is 1. The SMILES string of the molecule is CC(=O)OCC1=C(C(=O)[O-])N2C(=O)[C@H](NC(=O)C(N)c3ccccc3)[C@H]2SC1.CC(C)[NH2+]C(C)C. The van der Waals surface area contributed by atoms with E-state index in [1.165, 1.54) is 18.7 Å². The third-order valence-electron chi connectivity index (χ3n) is 5.20. The molecule has 3 atom stereocenters. The fourth-order valence-corrected chi connectivity index (χ4v) is 5.12. The Bertz CT molecular complexity index is 960. The number of hydrogen-bond acceptors (Lipinski definition) is 8. The van der Waals surface area contributed by atoms with Gasteiger partial charge < -0.3 is 31.0 Å². The molecule has 192 valence electrons. The van der Waals surface area contributed by atoms with Crippen LogP contribution in [0.25, 0.3) is 0 Å². The molecule has 1 fully saturated rings. The van der Waals surface area contributed by atoms with Crippen molar-refractivity contribution in [2.45, 2.75) is 64.2 Å². The summed E-state index contributed by atoms with van der Waals surface area (Å²) in [6.07, 6.45) is 0. The monoisotopic (exact) mass is 506 g/mol. The van der Waals surface area contributed by atoms with Crippen molar-refractivity contribution >= 4 is 35.5 Å². The van der Waals surface area contributed by atoms with Crippen LogP contribution in [0.15, 0.2) is 41.6 Å². The zero-order chi connectivity index (χ0) is 26.3. The summed E-state index contributed by atoms with van der Waals surface area (Å²) in [4.78, 5) is 48.5. The van der Waals surface area contributed by atoms with Crippen LogP contribution in [0.3, 0.4) is 0 Å². The highest BCUT2D eigenvalue weighted by Gasteiger charge is 2.53. The number of carbonyl (C=O) groups is 4. The van der Waals surface area contributed by atoms with Crippen molar-refractivity contribution in [3.63, 3.8) is 0 Å². The zero-order valence-electron chi connectivity index (χ0n) is 20.6. The number of ether oxygens (including phenoxy) is 1. The first kappa shape index (κ1) is 28.3. The summed E-state index contributed by atoms with van der Waals surface area (Å²) >= 11 is 1.26. The molecule has 2 aliphatic heterocycles. The van der Waals surface area contributed by atoms with E-state index < -0.39 is 41.2 Å². The van der Waals surface area contributed by atoms with E-state index in [-0.39, 0.29) is 23.6 Å². The van der Waals surface area contributed by atoms with Crippen LogP contribution in [-0.2, 0) is 23.9 Å². The predicted octanol–water partition coefficient (Wildman–Crippen LogP) is -0.980. The minimum Gasteiger partial charge on any atom is -0.543 e. The van der Waals surface area contributed by atoms with Crippen molar-refractivity contribution in [3.8, 4) is 0 Å². The van der Waals surface area contributed by atoms with Gasteiger partial charge in [-0.2, -0.15) is 0 Å². The lowest BCUT2D eigenvalue weighted by molar-refractivity contribution is -0.709. The van der Waals surface area contributed by atoms with E-state index in [0.717, 1.165) is 17.0 Å². The summed E-state index contributed by atoms with van der Waals surface area (Å²) in [5.74, 6) is -2.99. The van der Waals surface area contributed by atoms with Crippen molar-refractivity contribution in [2.24, 2.45) is 5.73 Å². The van der Waals surface area contributed by atoms with Gasteiger partial charge in [0.25, 0.3) is 5.91 Å². The third kappa shape index (κ3) is 7.55. The van der Waals surface area contributed by atoms with Crippen LogP contribution >= 0.6 is 11.8 Å². The first-order valence-electron chi connectivity index (χ1n) is 11.4. The quantitative estimate of drug-likeness (QED) is 0.300. The Morgan fingerprint density at radius 1 is 1.20 bits per heavy atom. The topological polar surface area (TPSA) is 158 Å². The highest BCUT2D eigenvalue weighted by molar-refractivity contribution is 8.00. The van der Waals surface area contributed by atoms with E-state index in [9.17, 15) is 24.3 Å². The number of carboxylic acids is 1. The fourth-order valence-electron chi connectivity index (χ4n) is 3.80. The number of nitrogens with zero attached hydrogens (tertiary/aromatic N) is 1. The van der Waals surface area contributed by atoms with Crippen LogP contribution in [0, 0.1) is 0 Å². The van der Waals surface area contributed by atoms with Crippen LogP contribution in [0.1, 0.15) is 46.2 Å². The summed E-state index contributed by atoms with van der Waals surface area (Å²) in [5, 5.41) is 15.9. The second-order valence-electron chi connectivity index (χ2n) is 8.98. The van der Waals surface area contributed by atoms with Gasteiger partial charge in [-0.15, -0.1) is 11.8 Å². The molecule has 0 aliphatic carbocycles. The van der Waals surface area contributed by atoms with E-state index in [1.807, 2.05) is 0 Å². The molecule has 2 amide bonds. The van der Waals surface area contributed by atoms with E-state index in [1.54, 1.807) is 30.3 Å². The van der Waals surface area contributed by atoms with Gasteiger partial charge in [0, 0.05) is 18.2 Å². The lowest BCUT2D eigenvalue weighted by atomic mass is 10.0. The second-order valence-corrected chi connectivity index (χ2v) is 10.1. The molecular formula is C24H34N4O6S. The molecule has 1 aromatic carbocycles. The van der Waals surface area contributed by atoms with Crippen molar-refractivity contribution in [1.82, 2.24) is 10.2 Å². The number of thioether (sulfide) groups is 1. The Hall–Kier alpha value is -2.89. The molecule has 0 radical (unpaired) electrons. The number of fused-ring (bicyclic) bond motifs is 1. The fraction of sp³-hybridized carbons (Fsp3) is 0.500. The number of nitrogens with one attached hydrogen (secondary N) is 1. The molecule has 35 heavy (non-hydrogen) atoms. The molecule has 11 heteroatoms. The minimum atomic E-state index is -1.54. The second kappa shape index (κ2) is 12.7. The molecule has 0 bridgehead atoms. The number of quaternary nitrogens is 1. The first-order chi connectivity index (χ1) is 16.4. The molecule has 0 aromatic heterocycles. The van der Waals surface area contributed by atoms with Crippen LogP contribution in [0.5, 0.6) is 0 Å². The molecule has 3 rings (SSSR count). The standard InChI is InChI=1S/C18H19N3O6S.C6H15N/c1-9(22)27-7-11-8-28-17-13(16(24)21(17)14(11)18(25)26)20-15(23)12(19)10-5-3-2-4-6-10;1-5(2)7-6(3)4/h2-6,12-13,17H,7-8,19H2,1H3,(H,20,23)(H,25,26);5-7H,1-4H3/t12?,13-,17+;/m0./s1. The van der Waals surface area contributed by atoms with Gasteiger partial charge in [0.05, 0.1) is 23.8 Å². The van der Waals surface area contributed by atoms with Gasteiger partial charge in [0.15, 0.2) is 0 Å². The molecule has 0 spiro atoms. The summed E-state index contributed by atoms with van der Waals surface area (Å²) < 4.78 is 4.85. The molecular weight excluding hydrogens is 472 g/mol. The highest BCUT2D eigenvalue weighted by Crippen LogP contribution is 2.40. The summed E-state index contributed by atoms with van der Waals surface area (Å²) in [6.45, 7) is 9.80. The van der Waals surface area contributed by atoms with Gasteiger partial charge in [0.2, 0.25) is 5.91 Å². The van der Waals surface area contributed by atoms with Crippen LogP contribution in [0.2, 0.25) is 0 Å². The number of hydrogen-bond donors (Lipinski definition) is 3. The number of rotatable bonds is 8. The van der Waals surface area contributed by atoms with E-state index >= 15 is 0 Å². The number of nitrogens with two attached hydrogens (primary N) is 2. The minimum absolute atomic E-state index is 0.224.